The summed E-state index contributed by atoms with van der Waals surface area (Å²) in [4.78, 5) is 18.2. The van der Waals surface area contributed by atoms with Crippen LogP contribution in [0.3, 0.4) is 0 Å². The predicted molar refractivity (Wildman–Crippen MR) is 81.7 cm³/mol. The lowest BCUT2D eigenvalue weighted by Gasteiger charge is -2.19. The van der Waals surface area contributed by atoms with Crippen molar-refractivity contribution >= 4 is 11.9 Å². The normalized spacial score (nSPS) is 12.6. The van der Waals surface area contributed by atoms with Crippen molar-refractivity contribution in [2.24, 2.45) is 13.0 Å². The molecule has 1 unspecified atom stereocenters. The number of imidazole rings is 1. The van der Waals surface area contributed by atoms with Gasteiger partial charge in [-0.3, -0.25) is 4.79 Å². The zero-order valence-electron chi connectivity index (χ0n) is 13.4. The first-order valence-corrected chi connectivity index (χ1v) is 6.99. The minimum Gasteiger partial charge on any atom is -0.358 e. The molecule has 0 aliphatic heterocycles. The minimum atomic E-state index is -0.169. The van der Waals surface area contributed by atoms with E-state index in [-0.39, 0.29) is 11.9 Å². The van der Waals surface area contributed by atoms with Gasteiger partial charge in [0.05, 0.1) is 17.9 Å². The molecule has 1 amide bonds. The number of carbonyl (C=O) groups excluding carboxylic acids is 1. The summed E-state index contributed by atoms with van der Waals surface area (Å²) in [6.07, 6.45) is 2.66. The lowest BCUT2D eigenvalue weighted by Crippen LogP contribution is -2.43. The van der Waals surface area contributed by atoms with Gasteiger partial charge < -0.3 is 20.1 Å². The van der Waals surface area contributed by atoms with E-state index in [9.17, 15) is 4.79 Å². The molecule has 0 radical (unpaired) electrons. The van der Waals surface area contributed by atoms with Crippen molar-refractivity contribution < 1.29 is 4.79 Å². The van der Waals surface area contributed by atoms with Gasteiger partial charge >= 0.3 is 0 Å². The molecular formula is C14H27N5O. The van der Waals surface area contributed by atoms with E-state index in [2.05, 4.69) is 29.5 Å². The Hall–Kier alpha value is -1.56. The number of aromatic nitrogens is 2. The third kappa shape index (κ3) is 4.23. The number of nitrogens with one attached hydrogen (secondary N) is 2. The number of carbonyl (C=O) groups is 1. The number of amides is 1. The van der Waals surface area contributed by atoms with Gasteiger partial charge in [-0.1, -0.05) is 13.8 Å². The Morgan fingerprint density at radius 3 is 2.55 bits per heavy atom. The fraction of sp³-hybridized carbons (Fsp3) is 0.714. The third-order valence-electron chi connectivity index (χ3n) is 3.26. The molecule has 0 saturated heterocycles. The Labute approximate surface area is 121 Å². The largest absolute Gasteiger partial charge is 0.358 e. The zero-order chi connectivity index (χ0) is 15.3. The van der Waals surface area contributed by atoms with Gasteiger partial charge in [-0.15, -0.1) is 0 Å². The maximum atomic E-state index is 11.9. The molecular weight excluding hydrogens is 254 g/mol. The van der Waals surface area contributed by atoms with Crippen molar-refractivity contribution in [2.75, 3.05) is 26.0 Å². The van der Waals surface area contributed by atoms with Gasteiger partial charge in [-0.2, -0.15) is 0 Å². The SMILES string of the molecule is CNC(=O)C(CC(C)C)NCc1cnc(N(C)C)n1C. The highest BCUT2D eigenvalue weighted by molar-refractivity contribution is 5.81. The number of hydrogen-bond acceptors (Lipinski definition) is 4. The van der Waals surface area contributed by atoms with Crippen LogP contribution in [0.1, 0.15) is 26.0 Å². The average Bonchev–Trinajstić information content (AvgIpc) is 2.74. The molecule has 1 aromatic rings. The Morgan fingerprint density at radius 2 is 2.10 bits per heavy atom. The van der Waals surface area contributed by atoms with E-state index < -0.39 is 0 Å². The van der Waals surface area contributed by atoms with E-state index in [0.717, 1.165) is 18.1 Å². The van der Waals surface area contributed by atoms with Gasteiger partial charge in [-0.25, -0.2) is 4.98 Å². The smallest absolute Gasteiger partial charge is 0.236 e. The Bertz CT molecular complexity index is 439. The van der Waals surface area contributed by atoms with Crippen molar-refractivity contribution in [1.29, 1.82) is 0 Å². The lowest BCUT2D eigenvalue weighted by molar-refractivity contribution is -0.123. The third-order valence-corrected chi connectivity index (χ3v) is 3.26. The van der Waals surface area contributed by atoms with Gasteiger partial charge in [0, 0.05) is 34.7 Å². The Kier molecular flexibility index (Phi) is 6.01. The van der Waals surface area contributed by atoms with Crippen molar-refractivity contribution in [3.8, 4) is 0 Å². The van der Waals surface area contributed by atoms with Crippen LogP contribution < -0.4 is 15.5 Å². The van der Waals surface area contributed by atoms with Crippen molar-refractivity contribution in [1.82, 2.24) is 20.2 Å². The maximum Gasteiger partial charge on any atom is 0.236 e. The first-order chi connectivity index (χ1) is 9.36. The summed E-state index contributed by atoms with van der Waals surface area (Å²) in [5, 5.41) is 6.03. The lowest BCUT2D eigenvalue weighted by atomic mass is 10.0. The average molecular weight is 281 g/mol. The number of likely N-dealkylation sites (N-methyl/N-ethyl adjacent to an activating group) is 1. The summed E-state index contributed by atoms with van der Waals surface area (Å²) in [6.45, 7) is 4.86. The standard InChI is InChI=1S/C14H27N5O/c1-10(2)7-12(13(20)15-3)16-8-11-9-17-14(18(4)5)19(11)6/h9-10,12,16H,7-8H2,1-6H3,(H,15,20). The van der Waals surface area contributed by atoms with E-state index in [0.29, 0.717) is 12.5 Å². The second-order valence-electron chi connectivity index (χ2n) is 5.68. The van der Waals surface area contributed by atoms with Gasteiger partial charge in [0.25, 0.3) is 0 Å². The Morgan fingerprint density at radius 1 is 1.45 bits per heavy atom. The van der Waals surface area contributed by atoms with E-state index >= 15 is 0 Å². The highest BCUT2D eigenvalue weighted by atomic mass is 16.2. The molecule has 0 bridgehead atoms. The molecule has 1 rings (SSSR count). The van der Waals surface area contributed by atoms with Gasteiger partial charge in [0.15, 0.2) is 0 Å². The van der Waals surface area contributed by atoms with Crippen LogP contribution in [0.2, 0.25) is 0 Å². The molecule has 1 heterocycles. The van der Waals surface area contributed by atoms with Crippen LogP contribution in [0.4, 0.5) is 5.95 Å². The number of anilines is 1. The van der Waals surface area contributed by atoms with Crippen LogP contribution in [0.15, 0.2) is 6.20 Å². The molecule has 0 fully saturated rings. The summed E-state index contributed by atoms with van der Waals surface area (Å²) in [6, 6.07) is -0.169. The topological polar surface area (TPSA) is 62.2 Å². The van der Waals surface area contributed by atoms with Gasteiger partial charge in [-0.05, 0) is 12.3 Å². The molecule has 0 aromatic carbocycles. The quantitative estimate of drug-likeness (QED) is 0.774. The van der Waals surface area contributed by atoms with E-state index in [1.54, 1.807) is 7.05 Å². The highest BCUT2D eigenvalue weighted by Gasteiger charge is 2.18. The van der Waals surface area contributed by atoms with E-state index in [4.69, 9.17) is 0 Å². The molecule has 20 heavy (non-hydrogen) atoms. The highest BCUT2D eigenvalue weighted by Crippen LogP contribution is 2.12. The summed E-state index contributed by atoms with van der Waals surface area (Å²) in [5.74, 6) is 1.41. The fourth-order valence-corrected chi connectivity index (χ4v) is 2.17. The van der Waals surface area contributed by atoms with Crippen LogP contribution in [0.25, 0.3) is 0 Å². The molecule has 0 aliphatic carbocycles. The van der Waals surface area contributed by atoms with Crippen molar-refractivity contribution in [2.45, 2.75) is 32.9 Å². The maximum absolute atomic E-state index is 11.9. The van der Waals surface area contributed by atoms with Crippen LogP contribution in [0, 0.1) is 5.92 Å². The summed E-state index contributed by atoms with van der Waals surface area (Å²) in [7, 11) is 7.58. The molecule has 114 valence electrons. The second kappa shape index (κ2) is 7.28. The molecule has 1 aromatic heterocycles. The number of rotatable bonds is 7. The first kappa shape index (κ1) is 16.5. The van der Waals surface area contributed by atoms with Gasteiger partial charge in [0.2, 0.25) is 11.9 Å². The molecule has 6 heteroatoms. The fourth-order valence-electron chi connectivity index (χ4n) is 2.17. The summed E-state index contributed by atoms with van der Waals surface area (Å²) >= 11 is 0. The number of hydrogen-bond donors (Lipinski definition) is 2. The monoisotopic (exact) mass is 281 g/mol. The predicted octanol–water partition coefficient (Wildman–Crippen LogP) is 0.736. The molecule has 0 saturated carbocycles. The summed E-state index contributed by atoms with van der Waals surface area (Å²) < 4.78 is 2.03. The van der Waals surface area contributed by atoms with E-state index in [1.807, 2.05) is 36.8 Å². The molecule has 0 aliphatic rings. The van der Waals surface area contributed by atoms with Gasteiger partial charge in [0.1, 0.15) is 0 Å². The van der Waals surface area contributed by atoms with Crippen LogP contribution in [-0.2, 0) is 18.4 Å². The van der Waals surface area contributed by atoms with Crippen LogP contribution in [-0.4, -0.2) is 42.6 Å². The minimum absolute atomic E-state index is 0.0358. The molecule has 0 spiro atoms. The molecule has 6 nitrogen and oxygen atoms in total. The zero-order valence-corrected chi connectivity index (χ0v) is 13.4. The van der Waals surface area contributed by atoms with Crippen LogP contribution in [0.5, 0.6) is 0 Å². The summed E-state index contributed by atoms with van der Waals surface area (Å²) in [5.41, 5.74) is 1.06. The van der Waals surface area contributed by atoms with Crippen molar-refractivity contribution in [3.05, 3.63) is 11.9 Å². The second-order valence-corrected chi connectivity index (χ2v) is 5.68. The molecule has 2 N–H and O–H groups in total. The first-order valence-electron chi connectivity index (χ1n) is 6.99. The molecule has 1 atom stereocenters. The van der Waals surface area contributed by atoms with E-state index in [1.165, 1.54) is 0 Å². The van der Waals surface area contributed by atoms with Crippen molar-refractivity contribution in [3.63, 3.8) is 0 Å². The number of nitrogens with zero attached hydrogens (tertiary/aromatic N) is 3. The van der Waals surface area contributed by atoms with Crippen LogP contribution >= 0.6 is 0 Å². The Balaban J connectivity index is 2.70.